The molecule has 0 saturated heterocycles. The minimum absolute atomic E-state index is 0.0656. The van der Waals surface area contributed by atoms with Gasteiger partial charge in [-0.1, -0.05) is 11.6 Å². The summed E-state index contributed by atoms with van der Waals surface area (Å²) in [5, 5.41) is 2.60. The van der Waals surface area contributed by atoms with Crippen molar-refractivity contribution >= 4 is 35.5 Å². The van der Waals surface area contributed by atoms with Crippen LogP contribution < -0.4 is 14.8 Å². The molecule has 1 heterocycles. The van der Waals surface area contributed by atoms with Gasteiger partial charge in [-0.2, -0.15) is 0 Å². The van der Waals surface area contributed by atoms with Crippen LogP contribution in [0, 0.1) is 0 Å². The van der Waals surface area contributed by atoms with E-state index in [9.17, 15) is 14.4 Å². The van der Waals surface area contributed by atoms with Crippen molar-refractivity contribution < 1.29 is 33.3 Å². The van der Waals surface area contributed by atoms with Gasteiger partial charge in [0.2, 0.25) is 18.7 Å². The fraction of sp³-hybridized carbons (Fsp3) is 0.353. The topological polar surface area (TPSA) is 100 Å². The third-order valence-electron chi connectivity index (χ3n) is 3.21. The molecule has 0 aromatic heterocycles. The Balaban J connectivity index is 2.07. The van der Waals surface area contributed by atoms with Crippen LogP contribution in [0.5, 0.6) is 11.5 Å². The average Bonchev–Trinajstić information content (AvgIpc) is 3.07. The molecule has 8 nitrogen and oxygen atoms in total. The Hall–Kier alpha value is -2.74. The zero-order valence-electron chi connectivity index (χ0n) is 14.2. The van der Waals surface area contributed by atoms with Gasteiger partial charge in [-0.3, -0.25) is 4.79 Å². The van der Waals surface area contributed by atoms with Gasteiger partial charge in [0.1, 0.15) is 0 Å². The number of hydrogen-bond donors (Lipinski definition) is 1. The minimum atomic E-state index is -1.53. The number of ether oxygens (including phenoxy) is 4. The molecule has 0 atom stereocenters. The van der Waals surface area contributed by atoms with Crippen molar-refractivity contribution in [1.29, 1.82) is 0 Å². The van der Waals surface area contributed by atoms with Gasteiger partial charge in [-0.15, -0.1) is 0 Å². The van der Waals surface area contributed by atoms with Gasteiger partial charge in [0.15, 0.2) is 11.5 Å². The summed E-state index contributed by atoms with van der Waals surface area (Å²) >= 11 is 6.07. The van der Waals surface area contributed by atoms with E-state index < -0.39 is 23.9 Å². The molecule has 1 aromatic carbocycles. The van der Waals surface area contributed by atoms with Crippen LogP contribution in [0.25, 0.3) is 6.08 Å². The highest BCUT2D eigenvalue weighted by molar-refractivity contribution is 6.32. The molecule has 9 heteroatoms. The summed E-state index contributed by atoms with van der Waals surface area (Å²) < 4.78 is 20.0. The second-order valence-corrected chi connectivity index (χ2v) is 5.42. The van der Waals surface area contributed by atoms with Gasteiger partial charge in [-0.05, 0) is 37.6 Å². The predicted octanol–water partition coefficient (Wildman–Crippen LogP) is 1.69. The van der Waals surface area contributed by atoms with Crippen molar-refractivity contribution in [2.24, 2.45) is 0 Å². The number of benzene rings is 1. The van der Waals surface area contributed by atoms with E-state index >= 15 is 0 Å². The number of carbonyl (C=O) groups excluding carboxylic acids is 3. The SMILES string of the molecule is CCOC(=O)C(NC(=O)/C=C/c1cc(Cl)c2c(c1)OCO2)C(=O)OCC. The Morgan fingerprint density at radius 2 is 1.85 bits per heavy atom. The Morgan fingerprint density at radius 3 is 2.46 bits per heavy atom. The smallest absolute Gasteiger partial charge is 0.340 e. The van der Waals surface area contributed by atoms with E-state index in [0.717, 1.165) is 6.08 Å². The van der Waals surface area contributed by atoms with Gasteiger partial charge in [0.05, 0.1) is 18.2 Å². The molecule has 0 unspecified atom stereocenters. The highest BCUT2D eigenvalue weighted by Gasteiger charge is 2.30. The number of hydrogen-bond acceptors (Lipinski definition) is 7. The number of nitrogens with one attached hydrogen (secondary N) is 1. The van der Waals surface area contributed by atoms with E-state index in [2.05, 4.69) is 5.32 Å². The normalized spacial score (nSPS) is 12.3. The molecule has 1 amide bonds. The summed E-state index contributed by atoms with van der Waals surface area (Å²) in [6, 6.07) is 1.70. The lowest BCUT2D eigenvalue weighted by atomic mass is 10.2. The molecule has 0 fully saturated rings. The third-order valence-corrected chi connectivity index (χ3v) is 3.49. The maximum absolute atomic E-state index is 12.1. The van der Waals surface area contributed by atoms with Gasteiger partial charge in [-0.25, -0.2) is 9.59 Å². The standard InChI is InChI=1S/C17H18ClNO7/c1-3-23-16(21)14(17(22)24-4-2)19-13(20)6-5-10-7-11(18)15-12(8-10)25-9-26-15/h5-8,14H,3-4,9H2,1-2H3,(H,19,20)/b6-5+. The monoisotopic (exact) mass is 383 g/mol. The highest BCUT2D eigenvalue weighted by atomic mass is 35.5. The van der Waals surface area contributed by atoms with Crippen molar-refractivity contribution in [2.45, 2.75) is 19.9 Å². The highest BCUT2D eigenvalue weighted by Crippen LogP contribution is 2.40. The quantitative estimate of drug-likeness (QED) is 0.434. The Morgan fingerprint density at radius 1 is 1.19 bits per heavy atom. The Labute approximate surface area is 155 Å². The fourth-order valence-electron chi connectivity index (χ4n) is 2.11. The van der Waals surface area contributed by atoms with E-state index in [4.69, 9.17) is 30.5 Å². The first-order valence-corrected chi connectivity index (χ1v) is 8.25. The van der Waals surface area contributed by atoms with Crippen molar-refractivity contribution in [1.82, 2.24) is 5.32 Å². The number of halogens is 1. The molecular formula is C17H18ClNO7. The first kappa shape index (κ1) is 19.6. The predicted molar refractivity (Wildman–Crippen MR) is 91.8 cm³/mol. The van der Waals surface area contributed by atoms with Crippen LogP contribution in [0.3, 0.4) is 0 Å². The van der Waals surface area contributed by atoms with Crippen LogP contribution in [-0.2, 0) is 23.9 Å². The lowest BCUT2D eigenvalue weighted by Crippen LogP contribution is -2.47. The largest absolute Gasteiger partial charge is 0.464 e. The first-order chi connectivity index (χ1) is 12.5. The maximum Gasteiger partial charge on any atom is 0.340 e. The number of rotatable bonds is 7. The van der Waals surface area contributed by atoms with Gasteiger partial charge >= 0.3 is 11.9 Å². The maximum atomic E-state index is 12.1. The molecular weight excluding hydrogens is 366 g/mol. The molecule has 1 N–H and O–H groups in total. The summed E-state index contributed by atoms with van der Waals surface area (Å²) in [6.07, 6.45) is 2.61. The molecule has 1 aliphatic heterocycles. The van der Waals surface area contributed by atoms with Crippen molar-refractivity contribution in [3.05, 3.63) is 28.8 Å². The summed E-state index contributed by atoms with van der Waals surface area (Å²) in [7, 11) is 0. The number of fused-ring (bicyclic) bond motifs is 1. The molecule has 0 radical (unpaired) electrons. The zero-order chi connectivity index (χ0) is 19.1. The fourth-order valence-corrected chi connectivity index (χ4v) is 2.38. The average molecular weight is 384 g/mol. The summed E-state index contributed by atoms with van der Waals surface area (Å²) in [6.45, 7) is 3.38. The lowest BCUT2D eigenvalue weighted by Gasteiger charge is -2.14. The Kier molecular flexibility index (Phi) is 6.85. The molecule has 0 spiro atoms. The Bertz CT molecular complexity index is 714. The van der Waals surface area contributed by atoms with Crippen molar-refractivity contribution in [3.8, 4) is 11.5 Å². The van der Waals surface area contributed by atoms with E-state index in [0.29, 0.717) is 22.1 Å². The molecule has 0 bridgehead atoms. The number of carbonyl (C=O) groups is 3. The van der Waals surface area contributed by atoms with E-state index in [-0.39, 0.29) is 20.0 Å². The van der Waals surface area contributed by atoms with E-state index in [1.54, 1.807) is 26.0 Å². The number of esters is 2. The second-order valence-electron chi connectivity index (χ2n) is 5.02. The van der Waals surface area contributed by atoms with Crippen LogP contribution in [-0.4, -0.2) is 43.9 Å². The van der Waals surface area contributed by atoms with E-state index in [1.165, 1.54) is 6.08 Å². The number of amides is 1. The van der Waals surface area contributed by atoms with Gasteiger partial charge in [0, 0.05) is 6.08 Å². The zero-order valence-corrected chi connectivity index (χ0v) is 15.0. The molecule has 140 valence electrons. The van der Waals surface area contributed by atoms with Crippen molar-refractivity contribution in [2.75, 3.05) is 20.0 Å². The molecule has 26 heavy (non-hydrogen) atoms. The summed E-state index contributed by atoms with van der Waals surface area (Å²) in [5.41, 5.74) is 0.582. The summed E-state index contributed by atoms with van der Waals surface area (Å²) in [4.78, 5) is 35.7. The van der Waals surface area contributed by atoms with Crippen LogP contribution in [0.4, 0.5) is 0 Å². The first-order valence-electron chi connectivity index (χ1n) is 7.87. The van der Waals surface area contributed by atoms with Crippen molar-refractivity contribution in [3.63, 3.8) is 0 Å². The molecule has 1 aromatic rings. The lowest BCUT2D eigenvalue weighted by molar-refractivity contribution is -0.159. The minimum Gasteiger partial charge on any atom is -0.464 e. The third kappa shape index (κ3) is 4.89. The molecule has 0 aliphatic carbocycles. The van der Waals surface area contributed by atoms with Gasteiger partial charge < -0.3 is 24.3 Å². The van der Waals surface area contributed by atoms with Crippen LogP contribution >= 0.6 is 11.6 Å². The van der Waals surface area contributed by atoms with Crippen LogP contribution in [0.1, 0.15) is 19.4 Å². The summed E-state index contributed by atoms with van der Waals surface area (Å²) in [5.74, 6) is -1.55. The molecule has 0 saturated carbocycles. The van der Waals surface area contributed by atoms with E-state index in [1.807, 2.05) is 0 Å². The molecule has 1 aliphatic rings. The van der Waals surface area contributed by atoms with Crippen LogP contribution in [0.2, 0.25) is 5.02 Å². The second kappa shape index (κ2) is 9.10. The molecule has 2 rings (SSSR count). The van der Waals surface area contributed by atoms with Crippen LogP contribution in [0.15, 0.2) is 18.2 Å². The van der Waals surface area contributed by atoms with Gasteiger partial charge in [0.25, 0.3) is 0 Å².